The van der Waals surface area contributed by atoms with Gasteiger partial charge in [-0.3, -0.25) is 38.2 Å². The van der Waals surface area contributed by atoms with Crippen LogP contribution in [0.1, 0.15) is 145 Å². The zero-order valence-corrected chi connectivity index (χ0v) is 48.1. The molecule has 3 atom stereocenters. The lowest BCUT2D eigenvalue weighted by atomic mass is 10.1. The Bertz CT molecular complexity index is 3910. The number of hydrogen-bond donors (Lipinski definition) is 10. The molecule has 0 aliphatic rings. The summed E-state index contributed by atoms with van der Waals surface area (Å²) in [7, 11) is 8.18. The second-order valence-corrected chi connectivity index (χ2v) is 18.2. The standard InChI is InChI=1S/C21H19N7O4.C14H15N3O3.C8H9NO.C7H7BN2O4.C7H8N4O2/c1-12(26-21(31)18-14-9-25-28(2)19(14)24-11-23-18)17-8-15(27-32-17)20(30)22-10-16(29)13-6-4-3-5-7-13;1-9(15)13-7-11(17-20-13)14(19)16-8-12(18)10-5-3-2-4-6-10;9-6-8(10)7-4-2-1-3-5-7;1-3(9-7(8)13)5-2-4(6(11)12)10-14-5;1-9-6-4(2-8)5(7(12)13)10-3-11-6/h3-9,11-12H,10H2,1-2H3,(H,22,30)(H,26,31);2-7,9H,8,15H2,1H3,(H,16,19);1-5H,6,9H2;2-3H,1H3,(H,9,13)(H,11,12);2-3,8H,1H3,(H,12,13)(H,9,10,11)/t12-;9-;;3-;/m11.1./s1. The Morgan fingerprint density at radius 3 is 1.51 bits per heavy atom. The lowest BCUT2D eigenvalue weighted by Gasteiger charge is -2.10. The first-order valence-corrected chi connectivity index (χ1v) is 26.2. The number of aromatic carboxylic acids is 2. The van der Waals surface area contributed by atoms with E-state index in [1.165, 1.54) is 30.7 Å². The van der Waals surface area contributed by atoms with E-state index in [4.69, 9.17) is 44.0 Å². The number of carbonyl (C=O) groups excluding carboxylic acids is 7. The molecule has 2 radical (unpaired) electrons. The summed E-state index contributed by atoms with van der Waals surface area (Å²) in [6, 6.07) is 29.1. The molecule has 6 aromatic heterocycles. The summed E-state index contributed by atoms with van der Waals surface area (Å²) in [5.41, 5.74) is 13.1. The van der Waals surface area contributed by atoms with Crippen molar-refractivity contribution in [3.05, 3.63) is 196 Å². The Morgan fingerprint density at radius 1 is 0.618 bits per heavy atom. The van der Waals surface area contributed by atoms with E-state index in [2.05, 4.69) is 71.6 Å². The average molecular weight is 1220 g/mol. The van der Waals surface area contributed by atoms with Gasteiger partial charge in [-0.1, -0.05) is 106 Å². The number of rotatable bonds is 20. The molecule has 0 unspecified atom stereocenters. The van der Waals surface area contributed by atoms with Gasteiger partial charge in [0.2, 0.25) is 7.85 Å². The summed E-state index contributed by atoms with van der Waals surface area (Å²) in [6.45, 7) is 4.82. The number of ketones is 3. The Morgan fingerprint density at radius 2 is 1.07 bits per heavy atom. The number of carboxylic acids is 2. The van der Waals surface area contributed by atoms with Crippen LogP contribution in [-0.4, -0.2) is 149 Å². The third-order valence-corrected chi connectivity index (χ3v) is 11.8. The van der Waals surface area contributed by atoms with E-state index in [0.717, 1.165) is 12.5 Å². The predicted octanol–water partition coefficient (Wildman–Crippen LogP) is 4.12. The maximum atomic E-state index is 12.7. The second-order valence-electron chi connectivity index (χ2n) is 18.2. The number of nitrogens with one attached hydrogen (secondary N) is 6. The molecule has 32 heteroatoms. The van der Waals surface area contributed by atoms with E-state index in [1.807, 2.05) is 24.3 Å². The van der Waals surface area contributed by atoms with Crippen molar-refractivity contribution in [3.8, 4) is 0 Å². The fourth-order valence-electron chi connectivity index (χ4n) is 7.17. The van der Waals surface area contributed by atoms with E-state index in [1.54, 1.807) is 106 Å². The zero-order valence-electron chi connectivity index (χ0n) is 48.1. The van der Waals surface area contributed by atoms with Gasteiger partial charge in [0.25, 0.3) is 17.7 Å². The summed E-state index contributed by atoms with van der Waals surface area (Å²) < 4.78 is 16.4. The van der Waals surface area contributed by atoms with Gasteiger partial charge in [-0.25, -0.2) is 29.5 Å². The number of fused-ring (bicyclic) bond motifs is 1. The van der Waals surface area contributed by atoms with Gasteiger partial charge in [0.15, 0.2) is 68.9 Å². The van der Waals surface area contributed by atoms with E-state index in [0.29, 0.717) is 39.3 Å². The first-order valence-electron chi connectivity index (χ1n) is 26.2. The lowest BCUT2D eigenvalue weighted by Crippen LogP contribution is -2.29. The fourth-order valence-corrected chi connectivity index (χ4v) is 7.17. The van der Waals surface area contributed by atoms with E-state index in [-0.39, 0.29) is 88.6 Å². The van der Waals surface area contributed by atoms with Gasteiger partial charge in [-0.05, 0) is 20.8 Å². The molecule has 0 fully saturated rings. The third kappa shape index (κ3) is 20.2. The Hall–Kier alpha value is -11.8. The number of hydrogen-bond acceptors (Lipinski definition) is 24. The van der Waals surface area contributed by atoms with Crippen molar-refractivity contribution in [1.82, 2.24) is 66.5 Å². The highest BCUT2D eigenvalue weighted by Gasteiger charge is 2.23. The summed E-state index contributed by atoms with van der Waals surface area (Å²) in [5.74, 6) is -3.70. The van der Waals surface area contributed by atoms with Gasteiger partial charge in [-0.15, -0.1) is 0 Å². The molecule has 9 aromatic rings. The number of amides is 4. The quantitative estimate of drug-likeness (QED) is 0.0291. The largest absolute Gasteiger partial charge is 0.476 e. The lowest BCUT2D eigenvalue weighted by molar-refractivity contribution is 0.0676. The van der Waals surface area contributed by atoms with Gasteiger partial charge in [0, 0.05) is 55.2 Å². The van der Waals surface area contributed by atoms with Crippen LogP contribution >= 0.6 is 0 Å². The van der Waals surface area contributed by atoms with Crippen LogP contribution in [0.25, 0.3) is 11.0 Å². The number of carboxylic acid groups (broad SMARTS) is 2. The van der Waals surface area contributed by atoms with Crippen LogP contribution in [0.2, 0.25) is 0 Å². The number of aryl methyl sites for hydroxylation is 1. The van der Waals surface area contributed by atoms with Gasteiger partial charge in [0.05, 0.1) is 54.9 Å². The summed E-state index contributed by atoms with van der Waals surface area (Å²) in [4.78, 5) is 119. The zero-order chi connectivity index (χ0) is 65.2. The average Bonchev–Trinajstić information content (AvgIpc) is 2.98. The minimum absolute atomic E-state index is 0.00125. The molecular formula is C57H58BN17O14. The van der Waals surface area contributed by atoms with Crippen molar-refractivity contribution >= 4 is 83.7 Å². The number of benzene rings is 3. The van der Waals surface area contributed by atoms with Crippen molar-refractivity contribution in [3.63, 3.8) is 0 Å². The van der Waals surface area contributed by atoms with Crippen LogP contribution in [-0.2, 0) is 7.05 Å². The molecule has 0 saturated heterocycles. The smallest absolute Gasteiger partial charge is 0.358 e. The Labute approximate surface area is 506 Å². The van der Waals surface area contributed by atoms with Crippen LogP contribution in [0.3, 0.4) is 0 Å². The Balaban J connectivity index is 0.000000217. The molecule has 0 saturated carbocycles. The first kappa shape index (κ1) is 68.0. The second kappa shape index (κ2) is 33.6. The van der Waals surface area contributed by atoms with Gasteiger partial charge < -0.3 is 67.2 Å². The maximum absolute atomic E-state index is 12.7. The van der Waals surface area contributed by atoms with Crippen LogP contribution in [0.4, 0.5) is 10.6 Å². The highest BCUT2D eigenvalue weighted by atomic mass is 16.5. The first-order chi connectivity index (χ1) is 42.6. The molecule has 458 valence electrons. The molecule has 12 N–H and O–H groups in total. The molecule has 3 aromatic carbocycles. The van der Waals surface area contributed by atoms with Gasteiger partial charge in [0.1, 0.15) is 24.2 Å². The number of nitrogens with two attached hydrogens (primary N) is 2. The predicted molar refractivity (Wildman–Crippen MR) is 316 cm³/mol. The Kier molecular flexibility index (Phi) is 25.7. The monoisotopic (exact) mass is 1220 g/mol. The molecule has 0 aliphatic heterocycles. The van der Waals surface area contributed by atoms with E-state index >= 15 is 0 Å². The summed E-state index contributed by atoms with van der Waals surface area (Å²) >= 11 is 0. The van der Waals surface area contributed by atoms with Crippen molar-refractivity contribution in [2.75, 3.05) is 32.0 Å². The number of anilines is 1. The molecular weight excluding hydrogens is 1160 g/mol. The highest BCUT2D eigenvalue weighted by molar-refractivity contribution is 6.57. The molecule has 9 rings (SSSR count). The molecule has 0 bridgehead atoms. The SMILES string of the molecule is CNc1ncnc(C(=O)O)c1C=N.C[C@@H](N)c1cc(C(=O)NCC(=O)c2ccccc2)no1.C[C@@H](NC(=O)c1ncnc2c1cnn2C)c1cc(C(=O)NCC(=O)c2ccccc2)no1.NCC(=O)c1ccccc1.[B]C(=O)N[C@H](C)c1cc(C(=O)O)no1. The van der Waals surface area contributed by atoms with Crippen LogP contribution < -0.4 is 38.1 Å². The number of Topliss-reactive ketones (excluding diaryl/α,β-unsaturated/α-hetero) is 3. The molecule has 4 amide bonds. The summed E-state index contributed by atoms with van der Waals surface area (Å²) in [6.07, 6.45) is 4.86. The minimum atomic E-state index is -1.19. The highest BCUT2D eigenvalue weighted by Crippen LogP contribution is 2.19. The number of nitrogens with zero attached hydrogens (tertiary/aromatic N) is 9. The normalized spacial score (nSPS) is 11.2. The minimum Gasteiger partial charge on any atom is -0.476 e. The molecule has 31 nitrogen and oxygen atoms in total. The molecule has 0 aliphatic carbocycles. The van der Waals surface area contributed by atoms with Crippen molar-refractivity contribution in [2.45, 2.75) is 38.9 Å². The molecule has 0 spiro atoms. The van der Waals surface area contributed by atoms with Crippen molar-refractivity contribution < 1.29 is 66.9 Å². The van der Waals surface area contributed by atoms with Crippen LogP contribution in [0.15, 0.2) is 142 Å². The van der Waals surface area contributed by atoms with E-state index in [9.17, 15) is 43.2 Å². The van der Waals surface area contributed by atoms with Gasteiger partial charge in [-0.2, -0.15) is 5.10 Å². The summed E-state index contributed by atoms with van der Waals surface area (Å²) in [5, 5.41) is 52.2. The van der Waals surface area contributed by atoms with E-state index < -0.39 is 47.6 Å². The van der Waals surface area contributed by atoms with Crippen molar-refractivity contribution in [2.24, 2.45) is 18.5 Å². The molecule has 6 heterocycles. The van der Waals surface area contributed by atoms with Gasteiger partial charge >= 0.3 is 11.9 Å². The molecule has 89 heavy (non-hydrogen) atoms. The van der Waals surface area contributed by atoms with Crippen LogP contribution in [0, 0.1) is 5.41 Å². The topological polar surface area (TPSA) is 478 Å². The van der Waals surface area contributed by atoms with Crippen molar-refractivity contribution in [1.29, 1.82) is 5.41 Å². The van der Waals surface area contributed by atoms with Crippen LogP contribution in [0.5, 0.6) is 0 Å². The number of carbonyl (C=O) groups is 9. The fraction of sp³-hybridized carbons (Fsp3) is 0.193. The number of aromatic nitrogens is 9. The third-order valence-electron chi connectivity index (χ3n) is 11.8. The maximum Gasteiger partial charge on any atom is 0.358 e.